The predicted octanol–water partition coefficient (Wildman–Crippen LogP) is 4.06. The zero-order chi connectivity index (χ0) is 20.6. The molecule has 0 bridgehead atoms. The smallest absolute Gasteiger partial charge is 0.242 e. The van der Waals surface area contributed by atoms with Crippen LogP contribution in [-0.4, -0.2) is 31.7 Å². The van der Waals surface area contributed by atoms with Gasteiger partial charge in [0.05, 0.1) is 10.9 Å². The van der Waals surface area contributed by atoms with E-state index in [1.807, 2.05) is 0 Å². The molecule has 2 aromatic rings. The minimum atomic E-state index is -3.22. The normalized spacial score (nSPS) is 11.6. The minimum Gasteiger partial charge on any atom is -0.434 e. The van der Waals surface area contributed by atoms with Gasteiger partial charge in [0, 0.05) is 25.4 Å². The van der Waals surface area contributed by atoms with Crippen LogP contribution in [0.5, 0.6) is 11.6 Å². The van der Waals surface area contributed by atoms with Crippen molar-refractivity contribution in [2.45, 2.75) is 38.4 Å². The van der Waals surface area contributed by atoms with E-state index in [4.69, 9.17) is 4.74 Å². The quantitative estimate of drug-likeness (QED) is 0.543. The van der Waals surface area contributed by atoms with Crippen LogP contribution in [0.4, 0.5) is 14.5 Å². The van der Waals surface area contributed by atoms with E-state index in [0.717, 1.165) is 31.4 Å². The van der Waals surface area contributed by atoms with E-state index in [1.54, 1.807) is 26.0 Å². The van der Waals surface area contributed by atoms with E-state index in [1.165, 1.54) is 12.3 Å². The Morgan fingerprint density at radius 2 is 1.86 bits per heavy atom. The van der Waals surface area contributed by atoms with Crippen molar-refractivity contribution in [3.8, 4) is 11.6 Å². The van der Waals surface area contributed by atoms with Gasteiger partial charge in [-0.15, -0.1) is 0 Å². The fourth-order valence-electron chi connectivity index (χ4n) is 2.30. The lowest BCUT2D eigenvalue weighted by molar-refractivity contribution is 0.425. The van der Waals surface area contributed by atoms with Crippen molar-refractivity contribution in [1.29, 1.82) is 0 Å². The fourth-order valence-corrected chi connectivity index (χ4v) is 3.06. The van der Waals surface area contributed by atoms with Gasteiger partial charge in [-0.1, -0.05) is 6.42 Å². The van der Waals surface area contributed by atoms with Crippen LogP contribution in [-0.2, 0) is 10.0 Å². The maximum atomic E-state index is 13.8. The van der Waals surface area contributed by atoms with Gasteiger partial charge in [-0.25, -0.2) is 26.9 Å². The van der Waals surface area contributed by atoms with E-state index in [2.05, 4.69) is 15.0 Å². The molecule has 0 aliphatic heterocycles. The number of nitrogens with one attached hydrogen (secondary N) is 2. The molecule has 1 aromatic carbocycles. The molecule has 0 spiro atoms. The zero-order valence-corrected chi connectivity index (χ0v) is 16.7. The highest BCUT2D eigenvalue weighted by molar-refractivity contribution is 7.90. The van der Waals surface area contributed by atoms with Crippen LogP contribution in [0.2, 0.25) is 0 Å². The first-order chi connectivity index (χ1) is 13.3. The molecule has 0 aliphatic carbocycles. The molecular formula is C19H25F2N3O3S. The van der Waals surface area contributed by atoms with E-state index < -0.39 is 26.9 Å². The molecular weight excluding hydrogens is 388 g/mol. The number of unbranched alkanes of at least 4 members (excludes halogenated alkanes) is 2. The summed E-state index contributed by atoms with van der Waals surface area (Å²) in [6.45, 7) is 4.30. The average Bonchev–Trinajstić information content (AvgIpc) is 2.64. The van der Waals surface area contributed by atoms with E-state index in [-0.39, 0.29) is 11.6 Å². The summed E-state index contributed by atoms with van der Waals surface area (Å²) in [5.74, 6) is -1.40. The summed E-state index contributed by atoms with van der Waals surface area (Å²) in [5.41, 5.74) is 0.590. The third-order valence-electron chi connectivity index (χ3n) is 3.96. The number of hydrogen-bond acceptors (Lipinski definition) is 5. The van der Waals surface area contributed by atoms with Gasteiger partial charge in [-0.2, -0.15) is 0 Å². The minimum absolute atomic E-state index is 0.111. The Kier molecular flexibility index (Phi) is 8.13. The second-order valence-corrected chi connectivity index (χ2v) is 8.83. The first-order valence-electron chi connectivity index (χ1n) is 9.10. The molecule has 0 saturated carbocycles. The number of ether oxygens (including phenoxy) is 1. The zero-order valence-electron chi connectivity index (χ0n) is 15.9. The molecule has 0 aliphatic rings. The molecule has 0 saturated heterocycles. The summed E-state index contributed by atoms with van der Waals surface area (Å²) in [4.78, 5) is 4.09. The lowest BCUT2D eigenvalue weighted by atomic mass is 10.2. The van der Waals surface area contributed by atoms with Gasteiger partial charge in [0.25, 0.3) is 0 Å². The Balaban J connectivity index is 1.79. The SMILES string of the molecule is CC(C)S(=O)(=O)NCCCCCNc1cccnc1Oc1ccc(F)cc1F. The Bertz CT molecular complexity index is 876. The highest BCUT2D eigenvalue weighted by atomic mass is 32.2. The van der Waals surface area contributed by atoms with Crippen molar-refractivity contribution in [1.82, 2.24) is 9.71 Å². The van der Waals surface area contributed by atoms with E-state index in [9.17, 15) is 17.2 Å². The van der Waals surface area contributed by atoms with Crippen LogP contribution in [0, 0.1) is 11.6 Å². The first-order valence-corrected chi connectivity index (χ1v) is 10.6. The van der Waals surface area contributed by atoms with Crippen molar-refractivity contribution in [3.63, 3.8) is 0 Å². The maximum Gasteiger partial charge on any atom is 0.242 e. The molecule has 2 rings (SSSR count). The Morgan fingerprint density at radius 3 is 2.57 bits per heavy atom. The standard InChI is InChI=1S/C19H25F2N3O3S/c1-14(2)28(25,26)24-12-5-3-4-10-22-17-7-6-11-23-19(17)27-18-9-8-15(20)13-16(18)21/h6-9,11,13-14,22,24H,3-5,10,12H2,1-2H3. The van der Waals surface area contributed by atoms with Crippen molar-refractivity contribution in [2.24, 2.45) is 0 Å². The molecule has 6 nitrogen and oxygen atoms in total. The topological polar surface area (TPSA) is 80.3 Å². The lowest BCUT2D eigenvalue weighted by Crippen LogP contribution is -2.31. The summed E-state index contributed by atoms with van der Waals surface area (Å²) >= 11 is 0. The number of hydrogen-bond donors (Lipinski definition) is 2. The molecule has 0 fully saturated rings. The molecule has 1 aromatic heterocycles. The highest BCUT2D eigenvalue weighted by Crippen LogP contribution is 2.29. The van der Waals surface area contributed by atoms with Crippen LogP contribution >= 0.6 is 0 Å². The second kappa shape index (κ2) is 10.3. The Labute approximate surface area is 164 Å². The summed E-state index contributed by atoms with van der Waals surface area (Å²) in [7, 11) is -3.22. The molecule has 0 atom stereocenters. The van der Waals surface area contributed by atoms with Crippen molar-refractivity contribution in [3.05, 3.63) is 48.2 Å². The second-order valence-electron chi connectivity index (χ2n) is 6.51. The fraction of sp³-hybridized carbons (Fsp3) is 0.421. The number of halogens is 2. The molecule has 154 valence electrons. The average molecular weight is 413 g/mol. The monoisotopic (exact) mass is 413 g/mol. The highest BCUT2D eigenvalue weighted by Gasteiger charge is 2.14. The molecule has 2 N–H and O–H groups in total. The van der Waals surface area contributed by atoms with Gasteiger partial charge < -0.3 is 10.1 Å². The van der Waals surface area contributed by atoms with Crippen LogP contribution in [0.3, 0.4) is 0 Å². The van der Waals surface area contributed by atoms with Gasteiger partial charge >= 0.3 is 0 Å². The van der Waals surface area contributed by atoms with Gasteiger partial charge in [0.2, 0.25) is 15.9 Å². The number of anilines is 1. The van der Waals surface area contributed by atoms with Gasteiger partial charge in [-0.05, 0) is 51.0 Å². The third-order valence-corrected chi connectivity index (χ3v) is 5.81. The summed E-state index contributed by atoms with van der Waals surface area (Å²) in [6, 6.07) is 6.54. The van der Waals surface area contributed by atoms with E-state index >= 15 is 0 Å². The third kappa shape index (κ3) is 6.72. The molecule has 0 amide bonds. The Hall–Kier alpha value is -2.26. The maximum absolute atomic E-state index is 13.8. The number of aromatic nitrogens is 1. The summed E-state index contributed by atoms with van der Waals surface area (Å²) in [6.07, 6.45) is 3.88. The van der Waals surface area contributed by atoms with Crippen LogP contribution in [0.15, 0.2) is 36.5 Å². The summed E-state index contributed by atoms with van der Waals surface area (Å²) < 4.78 is 58.1. The number of benzene rings is 1. The van der Waals surface area contributed by atoms with Crippen LogP contribution < -0.4 is 14.8 Å². The van der Waals surface area contributed by atoms with Gasteiger partial charge in [0.15, 0.2) is 11.6 Å². The molecule has 0 unspecified atom stereocenters. The first kappa shape index (κ1) is 22.0. The molecule has 9 heteroatoms. The van der Waals surface area contributed by atoms with E-state index in [0.29, 0.717) is 18.8 Å². The lowest BCUT2D eigenvalue weighted by Gasteiger charge is -2.12. The van der Waals surface area contributed by atoms with Gasteiger partial charge in [0.1, 0.15) is 5.82 Å². The molecule has 1 heterocycles. The number of sulfonamides is 1. The number of pyridine rings is 1. The van der Waals surface area contributed by atoms with Crippen LogP contribution in [0.1, 0.15) is 33.1 Å². The summed E-state index contributed by atoms with van der Waals surface area (Å²) in [5, 5.41) is 2.73. The molecule has 28 heavy (non-hydrogen) atoms. The number of nitrogens with zero attached hydrogens (tertiary/aromatic N) is 1. The van der Waals surface area contributed by atoms with Crippen molar-refractivity contribution < 1.29 is 21.9 Å². The van der Waals surface area contributed by atoms with Crippen molar-refractivity contribution in [2.75, 3.05) is 18.4 Å². The number of rotatable bonds is 11. The Morgan fingerprint density at radius 1 is 1.11 bits per heavy atom. The predicted molar refractivity (Wildman–Crippen MR) is 105 cm³/mol. The largest absolute Gasteiger partial charge is 0.434 e. The van der Waals surface area contributed by atoms with Crippen LogP contribution in [0.25, 0.3) is 0 Å². The van der Waals surface area contributed by atoms with Crippen molar-refractivity contribution >= 4 is 15.7 Å². The van der Waals surface area contributed by atoms with Gasteiger partial charge in [-0.3, -0.25) is 0 Å². The molecule has 0 radical (unpaired) electrons.